The summed E-state index contributed by atoms with van der Waals surface area (Å²) >= 11 is 0. The molecule has 32 heavy (non-hydrogen) atoms. The normalized spacial score (nSPS) is 15.6. The first-order valence-electron chi connectivity index (χ1n) is 10.9. The van der Waals surface area contributed by atoms with E-state index in [0.717, 1.165) is 44.2 Å². The Morgan fingerprint density at radius 1 is 1.16 bits per heavy atom. The summed E-state index contributed by atoms with van der Waals surface area (Å²) in [6.07, 6.45) is 5.78. The molecule has 0 N–H and O–H groups in total. The molecule has 0 bridgehead atoms. The summed E-state index contributed by atoms with van der Waals surface area (Å²) in [5.74, 6) is 0.951. The minimum atomic E-state index is -0.362. The molecule has 1 amide bonds. The predicted molar refractivity (Wildman–Crippen MR) is 125 cm³/mol. The Balaban J connectivity index is 1.66. The molecule has 3 rings (SSSR count). The van der Waals surface area contributed by atoms with E-state index < -0.39 is 0 Å². The minimum absolute atomic E-state index is 0.184. The number of ether oxygens (including phenoxy) is 1. The highest BCUT2D eigenvalue weighted by Crippen LogP contribution is 2.18. The Morgan fingerprint density at radius 2 is 1.88 bits per heavy atom. The van der Waals surface area contributed by atoms with Crippen LogP contribution in [0.15, 0.2) is 72.3 Å². The molecule has 1 aromatic carbocycles. The van der Waals surface area contributed by atoms with Crippen LogP contribution in [0.4, 0.5) is 10.2 Å². The van der Waals surface area contributed by atoms with Gasteiger partial charge in [0.15, 0.2) is 0 Å². The average Bonchev–Trinajstić information content (AvgIpc) is 2.83. The van der Waals surface area contributed by atoms with E-state index in [9.17, 15) is 9.18 Å². The Bertz CT molecular complexity index is 936. The van der Waals surface area contributed by atoms with Crippen LogP contribution in [-0.4, -0.2) is 67.1 Å². The van der Waals surface area contributed by atoms with Crippen molar-refractivity contribution in [2.24, 2.45) is 0 Å². The third kappa shape index (κ3) is 5.95. The molecule has 6 nitrogen and oxygen atoms in total. The fraction of sp³-hybridized carbons (Fsp3) is 0.360. The van der Waals surface area contributed by atoms with Crippen LogP contribution in [0.25, 0.3) is 0 Å². The predicted octanol–water partition coefficient (Wildman–Crippen LogP) is 3.94. The molecule has 1 fully saturated rings. The third-order valence-corrected chi connectivity index (χ3v) is 5.61. The molecule has 2 aromatic rings. The lowest BCUT2D eigenvalue weighted by Crippen LogP contribution is -2.48. The standard InChI is InChI=1S/C25H31FN4O2/c1-4-7-23(20(2)32-3)29-17-14-28(15-18-29)16-19-30(24-8-5-6-13-27-24)25(31)21-9-11-22(26)12-10-21/h4-13H,14-19H2,1-3H3/b7-4-,23-20-. The lowest BCUT2D eigenvalue weighted by Gasteiger charge is -2.37. The maximum Gasteiger partial charge on any atom is 0.259 e. The van der Waals surface area contributed by atoms with Crippen molar-refractivity contribution in [2.75, 3.05) is 51.3 Å². The van der Waals surface area contributed by atoms with Gasteiger partial charge in [-0.2, -0.15) is 0 Å². The zero-order valence-corrected chi connectivity index (χ0v) is 19.0. The number of carbonyl (C=O) groups excluding carboxylic acids is 1. The summed E-state index contributed by atoms with van der Waals surface area (Å²) in [6.45, 7) is 8.76. The van der Waals surface area contributed by atoms with Crippen molar-refractivity contribution in [1.29, 1.82) is 0 Å². The van der Waals surface area contributed by atoms with Crippen molar-refractivity contribution in [1.82, 2.24) is 14.8 Å². The van der Waals surface area contributed by atoms with Gasteiger partial charge in [0, 0.05) is 51.0 Å². The SMILES string of the molecule is C/C=C\C(=C(/C)OC)N1CCN(CCN(C(=O)c2ccc(F)cc2)c2ccccn2)CC1. The van der Waals surface area contributed by atoms with Crippen LogP contribution in [0.5, 0.6) is 0 Å². The molecule has 0 aliphatic carbocycles. The van der Waals surface area contributed by atoms with E-state index in [1.54, 1.807) is 18.2 Å². The second kappa shape index (κ2) is 11.4. The lowest BCUT2D eigenvalue weighted by molar-refractivity contribution is 0.0977. The van der Waals surface area contributed by atoms with Crippen LogP contribution in [0, 0.1) is 5.82 Å². The van der Waals surface area contributed by atoms with Crippen molar-refractivity contribution in [2.45, 2.75) is 13.8 Å². The summed E-state index contributed by atoms with van der Waals surface area (Å²) < 4.78 is 18.8. The molecular weight excluding hydrogens is 407 g/mol. The summed E-state index contributed by atoms with van der Waals surface area (Å²) in [4.78, 5) is 23.9. The van der Waals surface area contributed by atoms with Crippen LogP contribution in [0.3, 0.4) is 0 Å². The van der Waals surface area contributed by atoms with Gasteiger partial charge in [0.2, 0.25) is 0 Å². The number of benzene rings is 1. The second-order valence-corrected chi connectivity index (χ2v) is 7.63. The number of carbonyl (C=O) groups is 1. The number of anilines is 1. The molecule has 1 aliphatic heterocycles. The number of halogens is 1. The van der Waals surface area contributed by atoms with E-state index in [4.69, 9.17) is 4.74 Å². The molecule has 0 radical (unpaired) electrons. The van der Waals surface area contributed by atoms with Gasteiger partial charge in [0.1, 0.15) is 17.4 Å². The third-order valence-electron chi connectivity index (χ3n) is 5.61. The van der Waals surface area contributed by atoms with Gasteiger partial charge in [-0.05, 0) is 56.3 Å². The number of hydrogen-bond acceptors (Lipinski definition) is 5. The van der Waals surface area contributed by atoms with Crippen LogP contribution in [-0.2, 0) is 4.74 Å². The molecule has 2 heterocycles. The maximum atomic E-state index is 13.3. The van der Waals surface area contributed by atoms with Crippen LogP contribution in [0.1, 0.15) is 24.2 Å². The molecule has 1 aromatic heterocycles. The van der Waals surface area contributed by atoms with Crippen molar-refractivity contribution in [3.05, 3.63) is 83.7 Å². The topological polar surface area (TPSA) is 48.9 Å². The number of pyridine rings is 1. The summed E-state index contributed by atoms with van der Waals surface area (Å²) in [6, 6.07) is 11.1. The number of amides is 1. The van der Waals surface area contributed by atoms with Crippen molar-refractivity contribution in [3.63, 3.8) is 0 Å². The molecule has 1 aliphatic rings. The van der Waals surface area contributed by atoms with Gasteiger partial charge < -0.3 is 9.64 Å². The molecule has 0 spiro atoms. The number of piperazine rings is 1. The number of aromatic nitrogens is 1. The molecule has 0 saturated carbocycles. The largest absolute Gasteiger partial charge is 0.499 e. The minimum Gasteiger partial charge on any atom is -0.499 e. The van der Waals surface area contributed by atoms with E-state index in [1.165, 1.54) is 24.3 Å². The Hall–Kier alpha value is -3.19. The highest BCUT2D eigenvalue weighted by molar-refractivity contribution is 6.05. The molecular formula is C25H31FN4O2. The number of rotatable bonds is 8. The zero-order chi connectivity index (χ0) is 22.9. The molecule has 0 unspecified atom stereocenters. The number of hydrogen-bond donors (Lipinski definition) is 0. The Labute approximate surface area is 189 Å². The first-order chi connectivity index (χ1) is 15.5. The van der Waals surface area contributed by atoms with Gasteiger partial charge in [0.05, 0.1) is 12.8 Å². The summed E-state index contributed by atoms with van der Waals surface area (Å²) in [5, 5.41) is 0. The van der Waals surface area contributed by atoms with Crippen molar-refractivity contribution in [3.8, 4) is 0 Å². The van der Waals surface area contributed by atoms with Gasteiger partial charge in [0.25, 0.3) is 5.91 Å². The van der Waals surface area contributed by atoms with Crippen LogP contribution in [0.2, 0.25) is 0 Å². The van der Waals surface area contributed by atoms with Crippen molar-refractivity contribution >= 4 is 11.7 Å². The van der Waals surface area contributed by atoms with E-state index in [0.29, 0.717) is 17.9 Å². The highest BCUT2D eigenvalue weighted by atomic mass is 19.1. The Kier molecular flexibility index (Phi) is 8.39. The van der Waals surface area contributed by atoms with Gasteiger partial charge >= 0.3 is 0 Å². The number of allylic oxidation sites excluding steroid dienone is 3. The average molecular weight is 439 g/mol. The number of nitrogens with zero attached hydrogens (tertiary/aromatic N) is 4. The van der Waals surface area contributed by atoms with E-state index in [-0.39, 0.29) is 11.7 Å². The fourth-order valence-electron chi connectivity index (χ4n) is 3.74. The smallest absolute Gasteiger partial charge is 0.259 e. The highest BCUT2D eigenvalue weighted by Gasteiger charge is 2.23. The monoisotopic (exact) mass is 438 g/mol. The fourth-order valence-corrected chi connectivity index (χ4v) is 3.74. The van der Waals surface area contributed by atoms with E-state index >= 15 is 0 Å². The van der Waals surface area contributed by atoms with Gasteiger partial charge in [-0.15, -0.1) is 0 Å². The zero-order valence-electron chi connectivity index (χ0n) is 19.0. The first kappa shape index (κ1) is 23.5. The lowest BCUT2D eigenvalue weighted by atomic mass is 10.2. The first-order valence-corrected chi connectivity index (χ1v) is 10.9. The maximum absolute atomic E-state index is 13.3. The number of methoxy groups -OCH3 is 1. The van der Waals surface area contributed by atoms with E-state index in [1.807, 2.05) is 38.1 Å². The molecule has 7 heteroatoms. The molecule has 1 saturated heterocycles. The molecule has 170 valence electrons. The quantitative estimate of drug-likeness (QED) is 0.462. The van der Waals surface area contributed by atoms with Gasteiger partial charge in [-0.3, -0.25) is 14.6 Å². The van der Waals surface area contributed by atoms with Crippen molar-refractivity contribution < 1.29 is 13.9 Å². The van der Waals surface area contributed by atoms with E-state index in [2.05, 4.69) is 20.9 Å². The summed E-state index contributed by atoms with van der Waals surface area (Å²) in [7, 11) is 1.69. The Morgan fingerprint density at radius 3 is 2.47 bits per heavy atom. The van der Waals surface area contributed by atoms with Gasteiger partial charge in [-0.25, -0.2) is 9.37 Å². The van der Waals surface area contributed by atoms with Gasteiger partial charge in [-0.1, -0.05) is 12.1 Å². The van der Waals surface area contributed by atoms with Crippen LogP contribution >= 0.6 is 0 Å². The molecule has 0 atom stereocenters. The second-order valence-electron chi connectivity index (χ2n) is 7.63. The summed E-state index contributed by atoms with van der Waals surface area (Å²) in [5.41, 5.74) is 1.55. The van der Waals surface area contributed by atoms with Crippen LogP contribution < -0.4 is 4.90 Å².